The number of nitrogens with zero attached hydrogens (tertiary/aromatic N) is 6. The van der Waals surface area contributed by atoms with Crippen LogP contribution in [0.3, 0.4) is 0 Å². The Hall–Kier alpha value is -4.21. The van der Waals surface area contributed by atoms with Crippen molar-refractivity contribution in [1.82, 2.24) is 28.9 Å². The molecule has 2 fully saturated rings. The minimum atomic E-state index is -4.70. The first-order valence-corrected chi connectivity index (χ1v) is 17.3. The topological polar surface area (TPSA) is 112 Å². The van der Waals surface area contributed by atoms with Crippen LogP contribution in [0, 0.1) is 11.2 Å². The van der Waals surface area contributed by atoms with Crippen LogP contribution in [0.25, 0.3) is 11.8 Å². The summed E-state index contributed by atoms with van der Waals surface area (Å²) in [7, 11) is -0.977. The number of pyridine rings is 1. The molecule has 2 atom stereocenters. The van der Waals surface area contributed by atoms with Crippen LogP contribution in [-0.2, 0) is 34.4 Å². The van der Waals surface area contributed by atoms with Gasteiger partial charge in [0.05, 0.1) is 34.2 Å². The van der Waals surface area contributed by atoms with Crippen molar-refractivity contribution in [1.29, 1.82) is 0 Å². The van der Waals surface area contributed by atoms with Crippen LogP contribution in [-0.4, -0.2) is 67.8 Å². The van der Waals surface area contributed by atoms with E-state index in [2.05, 4.69) is 15.2 Å². The van der Waals surface area contributed by atoms with Gasteiger partial charge in [0.25, 0.3) is 10.0 Å². The highest BCUT2D eigenvalue weighted by Crippen LogP contribution is 2.53. The Kier molecular flexibility index (Phi) is 7.95. The zero-order valence-corrected chi connectivity index (χ0v) is 27.8. The van der Waals surface area contributed by atoms with Gasteiger partial charge >= 0.3 is 6.18 Å². The molecule has 0 aliphatic heterocycles. The average Bonchev–Trinajstić information content (AvgIpc) is 3.68. The molecule has 0 radical (unpaired) electrons. The lowest BCUT2D eigenvalue weighted by atomic mass is 9.60. The minimum Gasteiger partial charge on any atom is -0.378 e. The van der Waals surface area contributed by atoms with Gasteiger partial charge in [0.2, 0.25) is 0 Å². The molecular formula is C34H34F4N6O4S. The van der Waals surface area contributed by atoms with E-state index in [0.29, 0.717) is 41.8 Å². The van der Waals surface area contributed by atoms with Crippen molar-refractivity contribution >= 4 is 21.9 Å². The van der Waals surface area contributed by atoms with Gasteiger partial charge < -0.3 is 4.74 Å². The number of ether oxygens (including phenoxy) is 1. The Morgan fingerprint density at radius 2 is 1.82 bits per heavy atom. The molecule has 4 aromatic rings. The van der Waals surface area contributed by atoms with E-state index >= 15 is 0 Å². The van der Waals surface area contributed by atoms with Crippen LogP contribution in [0.5, 0.6) is 0 Å². The zero-order valence-electron chi connectivity index (χ0n) is 27.0. The maximum atomic E-state index is 14.7. The number of allylic oxidation sites excluding steroid dienone is 1. The number of alkyl halides is 3. The number of carbonyl (C=O) groups is 1. The first-order valence-electron chi connectivity index (χ1n) is 15.8. The number of methoxy groups -OCH3 is 1. The molecule has 3 aliphatic rings. The third-order valence-electron chi connectivity index (χ3n) is 10.2. The standard InChI is InChI=1S/C34H34F4N6O4S/c1-32(48-3)17-27(18-32)44(49(46,47)30-11-13-42(2)41-30)26-7-4-22-15-29-21(20-40-43(29)25-8-5-24(35)6-9-25)16-33(22,19-26)31(45)28-14-23(10-12-39-28)34(36,37)38/h5-6,8-15,20,26-27H,4,7,16-19H2,1-3H3/t26-,27-,32+,33-/m0/s1. The highest BCUT2D eigenvalue weighted by molar-refractivity contribution is 7.89. The van der Waals surface area contributed by atoms with E-state index in [4.69, 9.17) is 4.74 Å². The molecule has 15 heteroatoms. The third-order valence-corrected chi connectivity index (χ3v) is 12.1. The number of hydrogen-bond acceptors (Lipinski definition) is 7. The van der Waals surface area contributed by atoms with Gasteiger partial charge in [0, 0.05) is 38.6 Å². The molecule has 258 valence electrons. The third kappa shape index (κ3) is 5.70. The summed E-state index contributed by atoms with van der Waals surface area (Å²) in [4.78, 5) is 18.8. The fraction of sp³-hybridized carbons (Fsp3) is 0.412. The molecule has 0 unspecified atom stereocenters. The zero-order chi connectivity index (χ0) is 34.9. The monoisotopic (exact) mass is 698 g/mol. The number of carbonyl (C=O) groups excluding carboxylic acids is 1. The second-order valence-corrected chi connectivity index (χ2v) is 15.2. The number of hydrogen-bond donors (Lipinski definition) is 0. The van der Waals surface area contributed by atoms with Crippen LogP contribution in [0.15, 0.2) is 71.7 Å². The smallest absolute Gasteiger partial charge is 0.378 e. The SMILES string of the molecule is CO[C@]1(C)C[C@H](N([C@H]2CCC3=Cc4c(cnn4-c4ccc(F)cc4)C[C@]3(C(=O)c3cc(C(F)(F)F)ccn3)C2)S(=O)(=O)c2ccn(C)n2)C1. The average molecular weight is 699 g/mol. The fourth-order valence-electron chi connectivity index (χ4n) is 7.68. The summed E-state index contributed by atoms with van der Waals surface area (Å²) < 4.78 is 94.0. The number of sulfonamides is 1. The number of rotatable bonds is 8. The van der Waals surface area contributed by atoms with Gasteiger partial charge in [-0.3, -0.25) is 14.5 Å². The van der Waals surface area contributed by atoms with E-state index in [-0.39, 0.29) is 30.0 Å². The molecule has 3 aliphatic carbocycles. The van der Waals surface area contributed by atoms with Crippen LogP contribution in [0.4, 0.5) is 17.6 Å². The summed E-state index contributed by atoms with van der Waals surface area (Å²) in [5.41, 5.74) is -0.779. The summed E-state index contributed by atoms with van der Waals surface area (Å²) in [5, 5.41) is 8.59. The Morgan fingerprint density at radius 3 is 2.47 bits per heavy atom. The summed E-state index contributed by atoms with van der Waals surface area (Å²) in [5.74, 6) is -1.04. The van der Waals surface area contributed by atoms with Crippen molar-refractivity contribution in [2.24, 2.45) is 12.5 Å². The maximum absolute atomic E-state index is 14.7. The second kappa shape index (κ2) is 11.7. The molecular weight excluding hydrogens is 664 g/mol. The molecule has 0 saturated heterocycles. The van der Waals surface area contributed by atoms with Crippen LogP contribution < -0.4 is 0 Å². The van der Waals surface area contributed by atoms with E-state index in [1.807, 2.05) is 13.0 Å². The largest absolute Gasteiger partial charge is 0.416 e. The predicted molar refractivity (Wildman–Crippen MR) is 170 cm³/mol. The lowest BCUT2D eigenvalue weighted by Crippen LogP contribution is -2.61. The van der Waals surface area contributed by atoms with E-state index in [9.17, 15) is 30.8 Å². The second-order valence-electron chi connectivity index (χ2n) is 13.4. The molecule has 3 aromatic heterocycles. The Labute approximate surface area is 280 Å². The first-order chi connectivity index (χ1) is 23.1. The normalized spacial score (nSPS) is 25.3. The Morgan fingerprint density at radius 1 is 1.08 bits per heavy atom. The molecule has 0 N–H and O–H groups in total. The first kappa shape index (κ1) is 33.3. The molecule has 3 heterocycles. The maximum Gasteiger partial charge on any atom is 0.416 e. The highest BCUT2D eigenvalue weighted by atomic mass is 32.2. The number of ketones is 1. The van der Waals surface area contributed by atoms with Gasteiger partial charge in [0.1, 0.15) is 11.5 Å². The number of aryl methyl sites for hydroxylation is 1. The van der Waals surface area contributed by atoms with Crippen molar-refractivity contribution in [3.05, 3.63) is 95.0 Å². The lowest BCUT2D eigenvalue weighted by Gasteiger charge is -2.53. The van der Waals surface area contributed by atoms with Crippen molar-refractivity contribution in [2.75, 3.05) is 7.11 Å². The van der Waals surface area contributed by atoms with E-state index in [1.54, 1.807) is 43.4 Å². The van der Waals surface area contributed by atoms with Crippen molar-refractivity contribution in [2.45, 2.75) is 74.3 Å². The van der Waals surface area contributed by atoms with Gasteiger partial charge in [0.15, 0.2) is 10.8 Å². The van der Waals surface area contributed by atoms with Crippen LogP contribution in [0.1, 0.15) is 66.3 Å². The molecule has 10 nitrogen and oxygen atoms in total. The lowest BCUT2D eigenvalue weighted by molar-refractivity contribution is -0.137. The predicted octanol–water partition coefficient (Wildman–Crippen LogP) is 5.78. The summed E-state index contributed by atoms with van der Waals surface area (Å²) in [6.07, 6.45) is 2.73. The highest BCUT2D eigenvalue weighted by Gasteiger charge is 2.56. The Balaban J connectivity index is 1.34. The molecule has 1 aromatic carbocycles. The van der Waals surface area contributed by atoms with Gasteiger partial charge in [-0.1, -0.05) is 5.57 Å². The Bertz CT molecular complexity index is 2070. The van der Waals surface area contributed by atoms with Gasteiger partial charge in [-0.25, -0.2) is 17.5 Å². The molecule has 0 spiro atoms. The van der Waals surface area contributed by atoms with E-state index < -0.39 is 56.5 Å². The van der Waals surface area contributed by atoms with Gasteiger partial charge in [-0.2, -0.15) is 27.7 Å². The van der Waals surface area contributed by atoms with Crippen LogP contribution >= 0.6 is 0 Å². The quantitative estimate of drug-likeness (QED) is 0.170. The number of fused-ring (bicyclic) bond motifs is 2. The fourth-order valence-corrected chi connectivity index (χ4v) is 9.47. The van der Waals surface area contributed by atoms with Gasteiger partial charge in [-0.15, -0.1) is 0 Å². The van der Waals surface area contributed by atoms with Crippen molar-refractivity contribution < 1.29 is 35.5 Å². The number of Topliss-reactive ketones (excluding diaryl/α,β-unsaturated/α-hetero) is 1. The number of benzene rings is 1. The van der Waals surface area contributed by atoms with Crippen molar-refractivity contribution in [3.63, 3.8) is 0 Å². The summed E-state index contributed by atoms with van der Waals surface area (Å²) >= 11 is 0. The molecule has 7 rings (SSSR count). The van der Waals surface area contributed by atoms with Crippen LogP contribution in [0.2, 0.25) is 0 Å². The molecule has 0 amide bonds. The molecule has 2 saturated carbocycles. The number of aromatic nitrogens is 5. The number of halogens is 4. The molecule has 49 heavy (non-hydrogen) atoms. The molecule has 0 bridgehead atoms. The minimum absolute atomic E-state index is 0.00300. The van der Waals surface area contributed by atoms with E-state index in [1.165, 1.54) is 27.2 Å². The van der Waals surface area contributed by atoms with Crippen molar-refractivity contribution in [3.8, 4) is 5.69 Å². The van der Waals surface area contributed by atoms with Gasteiger partial charge in [-0.05, 0) is 99.6 Å². The summed E-state index contributed by atoms with van der Waals surface area (Å²) in [6.45, 7) is 1.91. The summed E-state index contributed by atoms with van der Waals surface area (Å²) in [6, 6.07) is 7.61. The van der Waals surface area contributed by atoms with E-state index in [0.717, 1.165) is 18.3 Å².